The van der Waals surface area contributed by atoms with Crippen molar-refractivity contribution in [2.45, 2.75) is 45.7 Å². The monoisotopic (exact) mass is 900 g/mol. The molecule has 0 aliphatic heterocycles. The van der Waals surface area contributed by atoms with Crippen LogP contribution in [-0.4, -0.2) is 39.2 Å². The van der Waals surface area contributed by atoms with Crippen LogP contribution < -0.4 is 16.0 Å². The minimum absolute atomic E-state index is 0.139. The van der Waals surface area contributed by atoms with Crippen LogP contribution in [0.5, 0.6) is 0 Å². The van der Waals surface area contributed by atoms with Gasteiger partial charge in [-0.25, -0.2) is 28.1 Å². The normalized spacial score (nSPS) is 9.66. The Labute approximate surface area is 380 Å². The molecule has 6 rings (SSSR count). The molecule has 3 aromatic carbocycles. The third-order valence-corrected chi connectivity index (χ3v) is 8.80. The van der Waals surface area contributed by atoms with Gasteiger partial charge in [-0.05, 0) is 115 Å². The van der Waals surface area contributed by atoms with Crippen molar-refractivity contribution in [3.05, 3.63) is 183 Å². The minimum atomic E-state index is -0.621. The Kier molecular flexibility index (Phi) is 21.2. The van der Waals surface area contributed by atoms with Crippen molar-refractivity contribution in [1.82, 2.24) is 20.3 Å². The Hall–Kier alpha value is -7.43. The number of alkyl halides is 1. The van der Waals surface area contributed by atoms with Crippen molar-refractivity contribution in [3.8, 4) is 35.5 Å². The van der Waals surface area contributed by atoms with Gasteiger partial charge in [-0.2, -0.15) is 0 Å². The van der Waals surface area contributed by atoms with Crippen LogP contribution in [0.3, 0.4) is 0 Å². The number of halogens is 5. The summed E-state index contributed by atoms with van der Waals surface area (Å²) in [4.78, 5) is 47.6. The van der Waals surface area contributed by atoms with Crippen LogP contribution in [0.1, 0.15) is 70.8 Å². The number of aromatic nitrogens is 3. The quantitative estimate of drug-likeness (QED) is 0.0929. The third-order valence-electron chi connectivity index (χ3n) is 8.17. The van der Waals surface area contributed by atoms with E-state index >= 15 is 0 Å². The van der Waals surface area contributed by atoms with Crippen molar-refractivity contribution < 1.29 is 27.6 Å². The molecular weight excluding hydrogens is 860 g/mol. The highest BCUT2D eigenvalue weighted by Gasteiger charge is 2.13. The van der Waals surface area contributed by atoms with Gasteiger partial charge in [0.05, 0.1) is 21.3 Å². The van der Waals surface area contributed by atoms with E-state index in [1.807, 2.05) is 30.3 Å². The largest absolute Gasteiger partial charge is 0.351 e. The summed E-state index contributed by atoms with van der Waals surface area (Å²) in [6.45, 7) is 1.47. The number of anilines is 2. The molecule has 3 heterocycles. The van der Waals surface area contributed by atoms with Crippen molar-refractivity contribution in [1.29, 1.82) is 0 Å². The number of amides is 3. The Balaban J connectivity index is 0.000000211. The maximum absolute atomic E-state index is 13.0. The summed E-state index contributed by atoms with van der Waals surface area (Å²) in [5, 5.41) is 8.66. The molecule has 64 heavy (non-hydrogen) atoms. The molecule has 324 valence electrons. The van der Waals surface area contributed by atoms with E-state index in [0.717, 1.165) is 0 Å². The molecule has 0 bridgehead atoms. The summed E-state index contributed by atoms with van der Waals surface area (Å²) < 4.78 is 38.4. The van der Waals surface area contributed by atoms with Gasteiger partial charge >= 0.3 is 0 Å². The maximum atomic E-state index is 13.0. The smallest absolute Gasteiger partial charge is 0.254 e. The fourth-order valence-corrected chi connectivity index (χ4v) is 5.69. The predicted molar refractivity (Wildman–Crippen MR) is 245 cm³/mol. The molecule has 0 aliphatic carbocycles. The molecule has 14 heteroatoms. The maximum Gasteiger partial charge on any atom is 0.254 e. The zero-order valence-electron chi connectivity index (χ0n) is 34.5. The summed E-state index contributed by atoms with van der Waals surface area (Å²) in [6.07, 6.45) is 5.19. The standard InChI is InChI=1S/C17H13Cl2FN2O.C17H15FN2O.C16H13FN2O/c18-14-8-4-9-15(19)16(14)17(23)21-10-2-1-5-12-6-3-7-13(11-20)22-12;1-13-12-14(18)9-10-16(13)20-17(21)8-3-2-6-15-7-4-5-11-19-15;17-13-6-5-9-15(12-13)19-16(20)10-2-1-7-14-8-3-4-11-18-14/h3-4,6-9H,2,10-11H2,(H,21,23);4-5,7,9-12H,3,8H2,1H3,(H,20,21);3-6,8-9,11-12H,2,10H2,(H,19,20). The molecule has 3 amide bonds. The van der Waals surface area contributed by atoms with Gasteiger partial charge in [0, 0.05) is 62.4 Å². The lowest BCUT2D eigenvalue weighted by Crippen LogP contribution is -2.24. The van der Waals surface area contributed by atoms with Crippen LogP contribution >= 0.6 is 23.2 Å². The van der Waals surface area contributed by atoms with E-state index in [4.69, 9.17) is 23.2 Å². The Morgan fingerprint density at radius 1 is 0.625 bits per heavy atom. The molecule has 0 saturated heterocycles. The van der Waals surface area contributed by atoms with Crippen LogP contribution in [-0.2, 0) is 16.3 Å². The van der Waals surface area contributed by atoms with E-state index in [1.165, 1.54) is 24.3 Å². The molecule has 9 nitrogen and oxygen atoms in total. The van der Waals surface area contributed by atoms with Gasteiger partial charge in [0.25, 0.3) is 5.91 Å². The van der Waals surface area contributed by atoms with Gasteiger partial charge in [0.1, 0.15) is 35.4 Å². The van der Waals surface area contributed by atoms with E-state index in [2.05, 4.69) is 66.4 Å². The molecule has 3 aromatic heterocycles. The minimum Gasteiger partial charge on any atom is -0.351 e. The Bertz CT molecular complexity index is 2670. The zero-order chi connectivity index (χ0) is 45.9. The third kappa shape index (κ3) is 18.7. The lowest BCUT2D eigenvalue weighted by molar-refractivity contribution is -0.116. The molecule has 3 N–H and O–H groups in total. The highest BCUT2D eigenvalue weighted by atomic mass is 35.5. The first-order valence-corrected chi connectivity index (χ1v) is 20.4. The molecule has 0 spiro atoms. The number of rotatable bonds is 10. The lowest BCUT2D eigenvalue weighted by atomic mass is 10.2. The summed E-state index contributed by atoms with van der Waals surface area (Å²) in [5.74, 6) is 15.9. The van der Waals surface area contributed by atoms with E-state index in [9.17, 15) is 27.6 Å². The van der Waals surface area contributed by atoms with Crippen molar-refractivity contribution in [3.63, 3.8) is 0 Å². The van der Waals surface area contributed by atoms with Gasteiger partial charge in [-0.3, -0.25) is 14.4 Å². The summed E-state index contributed by atoms with van der Waals surface area (Å²) in [6, 6.07) is 30.9. The molecule has 0 atom stereocenters. The zero-order valence-corrected chi connectivity index (χ0v) is 36.0. The van der Waals surface area contributed by atoms with E-state index in [1.54, 1.807) is 80.0 Å². The van der Waals surface area contributed by atoms with Crippen molar-refractivity contribution >= 4 is 52.3 Å². The van der Waals surface area contributed by atoms with Gasteiger partial charge in [0.15, 0.2) is 0 Å². The van der Waals surface area contributed by atoms with E-state index < -0.39 is 6.67 Å². The Morgan fingerprint density at radius 3 is 1.78 bits per heavy atom. The summed E-state index contributed by atoms with van der Waals surface area (Å²) >= 11 is 11.9. The van der Waals surface area contributed by atoms with Crippen LogP contribution in [0.2, 0.25) is 10.0 Å². The average molecular weight is 902 g/mol. The number of benzene rings is 3. The second-order valence-corrected chi connectivity index (χ2v) is 14.0. The fourth-order valence-electron chi connectivity index (χ4n) is 5.12. The van der Waals surface area contributed by atoms with Crippen LogP contribution in [0, 0.1) is 54.1 Å². The van der Waals surface area contributed by atoms with E-state index in [-0.39, 0.29) is 47.8 Å². The summed E-state index contributed by atoms with van der Waals surface area (Å²) in [5.41, 5.74) is 4.24. The second kappa shape index (κ2) is 27.5. The molecular formula is C50H41Cl2F3N6O3. The van der Waals surface area contributed by atoms with E-state index in [0.29, 0.717) is 75.6 Å². The number of carbonyl (C=O) groups excluding carboxylic acids is 3. The number of hydrogen-bond donors (Lipinski definition) is 3. The molecule has 6 aromatic rings. The van der Waals surface area contributed by atoms with Gasteiger partial charge in [-0.1, -0.05) is 71.3 Å². The van der Waals surface area contributed by atoms with Crippen LogP contribution in [0.25, 0.3) is 0 Å². The first-order valence-electron chi connectivity index (χ1n) is 19.6. The fraction of sp³-hybridized carbons (Fsp3) is 0.160. The second-order valence-electron chi connectivity index (χ2n) is 13.2. The molecule has 0 aliphatic rings. The topological polar surface area (TPSA) is 126 Å². The number of aryl methyl sites for hydroxylation is 1. The molecule has 0 unspecified atom stereocenters. The van der Waals surface area contributed by atoms with Crippen molar-refractivity contribution in [2.75, 3.05) is 17.2 Å². The Morgan fingerprint density at radius 2 is 1.19 bits per heavy atom. The molecule has 0 saturated carbocycles. The number of pyridine rings is 3. The van der Waals surface area contributed by atoms with Crippen molar-refractivity contribution in [2.24, 2.45) is 0 Å². The highest BCUT2D eigenvalue weighted by Crippen LogP contribution is 2.24. The average Bonchev–Trinajstić information content (AvgIpc) is 3.29. The number of carbonyl (C=O) groups is 3. The first-order chi connectivity index (χ1) is 31.0. The van der Waals surface area contributed by atoms with Gasteiger partial charge in [-0.15, -0.1) is 0 Å². The number of nitrogens with zero attached hydrogens (tertiary/aromatic N) is 3. The van der Waals surface area contributed by atoms with Gasteiger partial charge < -0.3 is 16.0 Å². The SMILES string of the molecule is Cc1cc(F)ccc1NC(=O)CCC#Cc1ccccn1.O=C(CCC#Cc1ccccn1)Nc1cccc(F)c1.O=C(NCCC#Cc1cccc(CF)n1)c1c(Cl)cccc1Cl. The molecule has 0 fully saturated rings. The summed E-state index contributed by atoms with van der Waals surface area (Å²) in [7, 11) is 0. The van der Waals surface area contributed by atoms with Crippen LogP contribution in [0.4, 0.5) is 24.5 Å². The lowest BCUT2D eigenvalue weighted by Gasteiger charge is -2.07. The first kappa shape index (κ1) is 49.2. The predicted octanol–water partition coefficient (Wildman–Crippen LogP) is 10.3. The van der Waals surface area contributed by atoms with Crippen LogP contribution in [0.15, 0.2) is 128 Å². The molecule has 0 radical (unpaired) electrons. The highest BCUT2D eigenvalue weighted by molar-refractivity contribution is 6.39. The number of nitrogens with one attached hydrogen (secondary N) is 3. The number of hydrogen-bond acceptors (Lipinski definition) is 6. The van der Waals surface area contributed by atoms with Gasteiger partial charge in [0.2, 0.25) is 11.8 Å².